The molecule has 1 heterocycles. The van der Waals surface area contributed by atoms with Gasteiger partial charge >= 0.3 is 0 Å². The lowest BCUT2D eigenvalue weighted by Gasteiger charge is -2.06. The second-order valence-electron chi connectivity index (χ2n) is 3.56. The lowest BCUT2D eigenvalue weighted by molar-refractivity contribution is 0.798. The average molecular weight is 335 g/mol. The van der Waals surface area contributed by atoms with Gasteiger partial charge in [0.05, 0.1) is 22.3 Å². The molecule has 0 saturated carbocycles. The fraction of sp³-hybridized carbons (Fsp3) is 0.182. The fourth-order valence-electron chi connectivity index (χ4n) is 1.65. The number of hydrogen-bond acceptors (Lipinski definition) is 2. The van der Waals surface area contributed by atoms with Crippen molar-refractivity contribution in [2.45, 2.75) is 6.54 Å². The van der Waals surface area contributed by atoms with Crippen LogP contribution in [0.4, 0.5) is 0 Å². The molecular weight excluding hydrogens is 325 g/mol. The van der Waals surface area contributed by atoms with E-state index in [-0.39, 0.29) is 0 Å². The molecule has 6 heteroatoms. The first-order valence-corrected chi connectivity index (χ1v) is 6.46. The molecule has 0 aliphatic heterocycles. The number of hydrogen-bond donors (Lipinski definition) is 1. The van der Waals surface area contributed by atoms with E-state index in [1.165, 1.54) is 0 Å². The summed E-state index contributed by atoms with van der Waals surface area (Å²) in [4.78, 5) is 4.34. The van der Waals surface area contributed by atoms with Gasteiger partial charge in [-0.05, 0) is 28.1 Å². The molecule has 0 aliphatic rings. The van der Waals surface area contributed by atoms with Crippen molar-refractivity contribution >= 4 is 39.1 Å². The highest BCUT2D eigenvalue weighted by atomic mass is 79.9. The van der Waals surface area contributed by atoms with E-state index in [0.717, 1.165) is 21.7 Å². The molecule has 90 valence electrons. The van der Waals surface area contributed by atoms with Crippen LogP contribution in [0.2, 0.25) is 10.0 Å². The van der Waals surface area contributed by atoms with Crippen molar-refractivity contribution in [1.29, 1.82) is 0 Å². The summed E-state index contributed by atoms with van der Waals surface area (Å²) in [7, 11) is 1.91. The van der Waals surface area contributed by atoms with Crippen molar-refractivity contribution in [3.05, 3.63) is 38.7 Å². The van der Waals surface area contributed by atoms with Gasteiger partial charge in [0.2, 0.25) is 0 Å². The van der Waals surface area contributed by atoms with Gasteiger partial charge in [-0.3, -0.25) is 0 Å². The Morgan fingerprint density at radius 3 is 2.59 bits per heavy atom. The first-order valence-electron chi connectivity index (χ1n) is 4.91. The van der Waals surface area contributed by atoms with E-state index in [2.05, 4.69) is 20.9 Å². The lowest BCUT2D eigenvalue weighted by atomic mass is 10.2. The van der Waals surface area contributed by atoms with Gasteiger partial charge in [0.25, 0.3) is 0 Å². The molecule has 2 aromatic rings. The molecule has 17 heavy (non-hydrogen) atoms. The van der Waals surface area contributed by atoms with Crippen LogP contribution in [-0.2, 0) is 13.6 Å². The zero-order chi connectivity index (χ0) is 12.6. The number of nitrogens with zero attached hydrogens (tertiary/aromatic N) is 2. The van der Waals surface area contributed by atoms with Gasteiger partial charge in [-0.15, -0.1) is 0 Å². The molecule has 0 aliphatic carbocycles. The molecule has 2 rings (SSSR count). The summed E-state index contributed by atoms with van der Waals surface area (Å²) < 4.78 is 2.68. The van der Waals surface area contributed by atoms with E-state index < -0.39 is 0 Å². The van der Waals surface area contributed by atoms with Crippen LogP contribution in [0.25, 0.3) is 11.3 Å². The molecule has 0 radical (unpaired) electrons. The van der Waals surface area contributed by atoms with Crippen LogP contribution in [0, 0.1) is 0 Å². The minimum absolute atomic E-state index is 0.385. The minimum atomic E-state index is 0.385. The van der Waals surface area contributed by atoms with E-state index in [0.29, 0.717) is 16.6 Å². The Morgan fingerprint density at radius 2 is 2.06 bits per heavy atom. The number of rotatable bonds is 2. The topological polar surface area (TPSA) is 43.8 Å². The van der Waals surface area contributed by atoms with Crippen molar-refractivity contribution in [2.75, 3.05) is 0 Å². The molecule has 2 N–H and O–H groups in total. The second-order valence-corrected chi connectivity index (χ2v) is 5.13. The molecule has 0 spiro atoms. The van der Waals surface area contributed by atoms with Crippen molar-refractivity contribution < 1.29 is 0 Å². The Kier molecular flexibility index (Phi) is 3.78. The Balaban J connectivity index is 2.60. The van der Waals surface area contributed by atoms with Crippen molar-refractivity contribution in [3.8, 4) is 11.3 Å². The van der Waals surface area contributed by atoms with Crippen LogP contribution >= 0.6 is 39.1 Å². The summed E-state index contributed by atoms with van der Waals surface area (Å²) in [6.45, 7) is 0.385. The van der Waals surface area contributed by atoms with Crippen LogP contribution in [0.3, 0.4) is 0 Å². The van der Waals surface area contributed by atoms with Gasteiger partial charge in [0, 0.05) is 12.6 Å². The SMILES string of the molecule is Cn1c(CN)nc(Br)c1-c1ccc(Cl)c(Cl)c1. The Labute approximate surface area is 118 Å². The number of aromatic nitrogens is 2. The van der Waals surface area contributed by atoms with Gasteiger partial charge < -0.3 is 10.3 Å². The van der Waals surface area contributed by atoms with Gasteiger partial charge in [0.15, 0.2) is 0 Å². The van der Waals surface area contributed by atoms with E-state index in [1.807, 2.05) is 23.7 Å². The summed E-state index contributed by atoms with van der Waals surface area (Å²) in [5.74, 6) is 0.804. The predicted molar refractivity (Wildman–Crippen MR) is 74.3 cm³/mol. The molecule has 0 saturated heterocycles. The predicted octanol–water partition coefficient (Wildman–Crippen LogP) is 3.62. The van der Waals surface area contributed by atoms with Gasteiger partial charge in [-0.2, -0.15) is 0 Å². The molecule has 1 aromatic carbocycles. The van der Waals surface area contributed by atoms with Crippen molar-refractivity contribution in [1.82, 2.24) is 9.55 Å². The molecule has 0 atom stereocenters. The second kappa shape index (κ2) is 4.98. The maximum atomic E-state index is 6.01. The summed E-state index contributed by atoms with van der Waals surface area (Å²) in [5, 5.41) is 1.05. The van der Waals surface area contributed by atoms with Crippen molar-refractivity contribution in [3.63, 3.8) is 0 Å². The van der Waals surface area contributed by atoms with Gasteiger partial charge in [-0.1, -0.05) is 29.3 Å². The first-order chi connectivity index (χ1) is 8.04. The molecule has 1 aromatic heterocycles. The van der Waals surface area contributed by atoms with Crippen molar-refractivity contribution in [2.24, 2.45) is 12.8 Å². The fourth-order valence-corrected chi connectivity index (χ4v) is 2.65. The summed E-state index contributed by atoms with van der Waals surface area (Å²) in [6.07, 6.45) is 0. The smallest absolute Gasteiger partial charge is 0.132 e. The zero-order valence-electron chi connectivity index (χ0n) is 9.04. The van der Waals surface area contributed by atoms with Gasteiger partial charge in [0.1, 0.15) is 10.4 Å². The largest absolute Gasteiger partial charge is 0.329 e. The highest BCUT2D eigenvalue weighted by Crippen LogP contribution is 2.32. The first kappa shape index (κ1) is 12.9. The third-order valence-corrected chi connectivity index (χ3v) is 3.81. The quantitative estimate of drug-likeness (QED) is 0.911. The Hall–Kier alpha value is -0.550. The molecule has 0 unspecified atom stereocenters. The maximum absolute atomic E-state index is 6.01. The van der Waals surface area contributed by atoms with Crippen LogP contribution in [0.5, 0.6) is 0 Å². The summed E-state index contributed by atoms with van der Waals surface area (Å²) >= 11 is 15.3. The van der Waals surface area contributed by atoms with Crippen LogP contribution in [0.15, 0.2) is 22.8 Å². The molecule has 3 nitrogen and oxygen atoms in total. The van der Waals surface area contributed by atoms with E-state index in [4.69, 9.17) is 28.9 Å². The highest BCUT2D eigenvalue weighted by Gasteiger charge is 2.14. The monoisotopic (exact) mass is 333 g/mol. The molecular formula is C11H10BrCl2N3. The van der Waals surface area contributed by atoms with Crippen LogP contribution in [0.1, 0.15) is 5.82 Å². The van der Waals surface area contributed by atoms with Crippen LogP contribution in [-0.4, -0.2) is 9.55 Å². The lowest BCUT2D eigenvalue weighted by Crippen LogP contribution is -2.05. The summed E-state index contributed by atoms with van der Waals surface area (Å²) in [5.41, 5.74) is 7.49. The molecule has 0 bridgehead atoms. The van der Waals surface area contributed by atoms with Crippen LogP contribution < -0.4 is 5.73 Å². The third kappa shape index (κ3) is 2.36. The normalized spacial score (nSPS) is 10.9. The number of imidazole rings is 1. The highest BCUT2D eigenvalue weighted by molar-refractivity contribution is 9.10. The van der Waals surface area contributed by atoms with E-state index in [9.17, 15) is 0 Å². The molecule has 0 amide bonds. The van der Waals surface area contributed by atoms with Gasteiger partial charge in [-0.25, -0.2) is 4.98 Å². The van der Waals surface area contributed by atoms with E-state index in [1.54, 1.807) is 6.07 Å². The molecule has 0 fully saturated rings. The number of halogens is 3. The number of nitrogens with two attached hydrogens (primary N) is 1. The van der Waals surface area contributed by atoms with E-state index >= 15 is 0 Å². The number of benzene rings is 1. The maximum Gasteiger partial charge on any atom is 0.132 e. The minimum Gasteiger partial charge on any atom is -0.329 e. The zero-order valence-corrected chi connectivity index (χ0v) is 12.1. The third-order valence-electron chi connectivity index (χ3n) is 2.52. The Bertz CT molecular complexity index is 566. The average Bonchev–Trinajstić information content (AvgIpc) is 2.58. The standard InChI is InChI=1S/C11H10BrCl2N3/c1-17-9(5-15)16-11(12)10(17)6-2-3-7(13)8(14)4-6/h2-4H,5,15H2,1H3. The summed E-state index contributed by atoms with van der Waals surface area (Å²) in [6, 6.07) is 5.48. The Morgan fingerprint density at radius 1 is 1.35 bits per heavy atom.